The minimum atomic E-state index is -4.14. The standard InChI is InChI=1S/2C28H57NO4S.Ca/c2*1-3-4-5-6-7-8-9-10-11-12-13-14-15-16-17-18-19-20-21-22-25-28(30)29(2)26-23-24-27-34(31,32)33;/h2*3-27H2,1-2H3,(H,31,32,33);/q;;+2/p-2. The van der Waals surface area contributed by atoms with Crippen molar-refractivity contribution in [1.29, 1.82) is 0 Å². The summed E-state index contributed by atoms with van der Waals surface area (Å²) in [6, 6.07) is 0. The molecule has 13 heteroatoms. The Bertz CT molecular complexity index is 1210. The summed E-state index contributed by atoms with van der Waals surface area (Å²) in [5, 5.41) is 0. The molecule has 0 aromatic heterocycles. The third-order valence-electron chi connectivity index (χ3n) is 13.6. The smallest absolute Gasteiger partial charge is 0.748 e. The van der Waals surface area contributed by atoms with Crippen molar-refractivity contribution in [2.24, 2.45) is 0 Å². The van der Waals surface area contributed by atoms with Crippen molar-refractivity contribution in [1.82, 2.24) is 9.80 Å². The normalized spacial score (nSPS) is 11.6. The van der Waals surface area contributed by atoms with Gasteiger partial charge >= 0.3 is 37.7 Å². The Morgan fingerprint density at radius 2 is 0.478 bits per heavy atom. The second kappa shape index (κ2) is 55.8. The van der Waals surface area contributed by atoms with Crippen LogP contribution < -0.4 is 0 Å². The van der Waals surface area contributed by atoms with Crippen LogP contribution in [0.3, 0.4) is 0 Å². The number of carbonyl (C=O) groups is 2. The zero-order valence-corrected chi connectivity index (χ0v) is 49.9. The van der Waals surface area contributed by atoms with Gasteiger partial charge in [0.05, 0.1) is 20.2 Å². The molecule has 0 saturated carbocycles. The molecule has 0 fully saturated rings. The van der Waals surface area contributed by atoms with Crippen LogP contribution in [0.1, 0.15) is 309 Å². The van der Waals surface area contributed by atoms with E-state index < -0.39 is 20.2 Å². The van der Waals surface area contributed by atoms with Crippen molar-refractivity contribution in [2.75, 3.05) is 38.7 Å². The largest absolute Gasteiger partial charge is 2.00 e. The first-order chi connectivity index (χ1) is 32.7. The van der Waals surface area contributed by atoms with Gasteiger partial charge in [-0.15, -0.1) is 0 Å². The molecule has 0 radical (unpaired) electrons. The first kappa shape index (κ1) is 73.3. The van der Waals surface area contributed by atoms with Crippen molar-refractivity contribution in [3.8, 4) is 0 Å². The molecule has 408 valence electrons. The molecule has 2 amide bonds. The van der Waals surface area contributed by atoms with Crippen LogP contribution in [0.15, 0.2) is 0 Å². The van der Waals surface area contributed by atoms with Crippen LogP contribution in [0.25, 0.3) is 0 Å². The van der Waals surface area contributed by atoms with Crippen molar-refractivity contribution in [3.63, 3.8) is 0 Å². The number of amides is 2. The molecule has 69 heavy (non-hydrogen) atoms. The Kier molecular flexibility index (Phi) is 59.2. The van der Waals surface area contributed by atoms with E-state index in [2.05, 4.69) is 13.8 Å². The predicted molar refractivity (Wildman–Crippen MR) is 294 cm³/mol. The van der Waals surface area contributed by atoms with E-state index in [0.717, 1.165) is 25.7 Å². The maximum Gasteiger partial charge on any atom is 2.00 e. The van der Waals surface area contributed by atoms with Gasteiger partial charge in [-0.25, -0.2) is 16.8 Å². The molecule has 0 spiro atoms. The van der Waals surface area contributed by atoms with Crippen LogP contribution in [0, 0.1) is 0 Å². The van der Waals surface area contributed by atoms with Gasteiger partial charge in [0.15, 0.2) is 0 Å². The molecule has 0 saturated heterocycles. The van der Waals surface area contributed by atoms with E-state index in [1.807, 2.05) is 0 Å². The molecule has 10 nitrogen and oxygen atoms in total. The van der Waals surface area contributed by atoms with Crippen molar-refractivity contribution in [3.05, 3.63) is 0 Å². The number of unbranched alkanes of at least 4 members (excludes halogenated alkanes) is 40. The average molecular weight is 1050 g/mol. The Balaban J connectivity index is -0.00000124. The Hall–Kier alpha value is 0.0197. The van der Waals surface area contributed by atoms with Gasteiger partial charge in [-0.3, -0.25) is 9.59 Å². The summed E-state index contributed by atoms with van der Waals surface area (Å²) in [6.07, 6.45) is 56.8. The monoisotopic (exact) mass is 1040 g/mol. The Labute approximate surface area is 459 Å². The van der Waals surface area contributed by atoms with Gasteiger partial charge in [-0.05, 0) is 38.5 Å². The predicted octanol–water partition coefficient (Wildman–Crippen LogP) is 15.6. The molecular weight excluding hydrogens is 933 g/mol. The van der Waals surface area contributed by atoms with Gasteiger partial charge in [0.1, 0.15) is 0 Å². The topological polar surface area (TPSA) is 155 Å². The third-order valence-corrected chi connectivity index (χ3v) is 15.2. The molecule has 0 rings (SSSR count). The summed E-state index contributed by atoms with van der Waals surface area (Å²) in [7, 11) is -4.77. The van der Waals surface area contributed by atoms with Gasteiger partial charge in [0.2, 0.25) is 11.8 Å². The van der Waals surface area contributed by atoms with Crippen LogP contribution >= 0.6 is 0 Å². The van der Waals surface area contributed by atoms with Gasteiger partial charge in [0.25, 0.3) is 0 Å². The zero-order chi connectivity index (χ0) is 50.7. The summed E-state index contributed by atoms with van der Waals surface area (Å²) in [5.41, 5.74) is 0. The maximum absolute atomic E-state index is 12.1. The molecule has 0 N–H and O–H groups in total. The van der Waals surface area contributed by atoms with Crippen LogP contribution in [-0.4, -0.2) is 124 Å². The van der Waals surface area contributed by atoms with Crippen LogP contribution in [0.5, 0.6) is 0 Å². The van der Waals surface area contributed by atoms with E-state index in [1.165, 1.54) is 231 Å². The fourth-order valence-electron chi connectivity index (χ4n) is 8.95. The SMILES string of the molecule is CCCCCCCCCCCCCCCCCCCCCCC(=O)N(C)CCCCS(=O)(=O)[O-].CCCCCCCCCCCCCCCCCCCCCCC(=O)N(C)CCCCS(=O)(=O)[O-].[Ca+2]. The number of hydrogen-bond acceptors (Lipinski definition) is 8. The van der Waals surface area contributed by atoms with Gasteiger partial charge in [-0.2, -0.15) is 0 Å². The average Bonchev–Trinajstić information content (AvgIpc) is 3.29. The summed E-state index contributed by atoms with van der Waals surface area (Å²) >= 11 is 0. The number of rotatable bonds is 52. The van der Waals surface area contributed by atoms with E-state index in [9.17, 15) is 35.5 Å². The maximum atomic E-state index is 12.1. The Morgan fingerprint density at radius 3 is 0.652 bits per heavy atom. The van der Waals surface area contributed by atoms with Gasteiger partial charge in [0, 0.05) is 51.5 Å². The Morgan fingerprint density at radius 1 is 0.304 bits per heavy atom. The fourth-order valence-corrected chi connectivity index (χ4v) is 10.1. The summed E-state index contributed by atoms with van der Waals surface area (Å²) in [4.78, 5) is 27.5. The van der Waals surface area contributed by atoms with E-state index in [0.29, 0.717) is 51.6 Å². The number of carbonyl (C=O) groups excluding carboxylic acids is 2. The molecule has 0 aliphatic heterocycles. The molecule has 0 aliphatic rings. The summed E-state index contributed by atoms with van der Waals surface area (Å²) in [6.45, 7) is 5.60. The molecule has 0 aromatic carbocycles. The minimum Gasteiger partial charge on any atom is -0.748 e. The first-order valence-corrected chi connectivity index (χ1v) is 32.2. The molecule has 0 aliphatic carbocycles. The van der Waals surface area contributed by atoms with Crippen molar-refractivity contribution < 1.29 is 35.5 Å². The van der Waals surface area contributed by atoms with E-state index in [4.69, 9.17) is 0 Å². The summed E-state index contributed by atoms with van der Waals surface area (Å²) < 4.78 is 63.5. The molecular formula is C56H112CaN2O8S2. The van der Waals surface area contributed by atoms with E-state index in [1.54, 1.807) is 23.9 Å². The molecule has 0 atom stereocenters. The third kappa shape index (κ3) is 64.1. The number of nitrogens with zero attached hydrogens (tertiary/aromatic N) is 2. The minimum absolute atomic E-state index is 0. The van der Waals surface area contributed by atoms with Crippen molar-refractivity contribution >= 4 is 69.8 Å². The van der Waals surface area contributed by atoms with Gasteiger partial charge in [-0.1, -0.05) is 258 Å². The van der Waals surface area contributed by atoms with Crippen LogP contribution in [0.4, 0.5) is 0 Å². The number of hydrogen-bond donors (Lipinski definition) is 0. The van der Waals surface area contributed by atoms with Gasteiger partial charge < -0.3 is 18.9 Å². The fraction of sp³-hybridized carbons (Fsp3) is 0.964. The molecule has 0 heterocycles. The van der Waals surface area contributed by atoms with Crippen LogP contribution in [-0.2, 0) is 29.8 Å². The first-order valence-electron chi connectivity index (χ1n) is 29.1. The van der Waals surface area contributed by atoms with E-state index in [-0.39, 0.29) is 61.1 Å². The molecule has 0 bridgehead atoms. The quantitative estimate of drug-likeness (QED) is 0.0331. The second-order valence-electron chi connectivity index (χ2n) is 20.5. The molecule has 0 aromatic rings. The summed E-state index contributed by atoms with van der Waals surface area (Å²) in [5.74, 6) is -0.442. The molecule has 0 unspecified atom stereocenters. The zero-order valence-electron chi connectivity index (χ0n) is 46.0. The van der Waals surface area contributed by atoms with Crippen molar-refractivity contribution in [2.45, 2.75) is 309 Å². The van der Waals surface area contributed by atoms with E-state index >= 15 is 0 Å². The second-order valence-corrected chi connectivity index (χ2v) is 23.6. The van der Waals surface area contributed by atoms with Crippen LogP contribution in [0.2, 0.25) is 0 Å².